The van der Waals surface area contributed by atoms with Gasteiger partial charge in [0.2, 0.25) is 0 Å². The highest BCUT2D eigenvalue weighted by molar-refractivity contribution is 5.55. The number of fused-ring (bicyclic) bond motifs is 3. The number of hydrogen-bond donors (Lipinski definition) is 0. The third-order valence-corrected chi connectivity index (χ3v) is 5.19. The second-order valence-electron chi connectivity index (χ2n) is 6.89. The van der Waals surface area contributed by atoms with E-state index < -0.39 is 0 Å². The molecule has 4 rings (SSSR count). The van der Waals surface area contributed by atoms with Gasteiger partial charge in [-0.25, -0.2) is 0 Å². The molecule has 2 aromatic rings. The fourth-order valence-electron chi connectivity index (χ4n) is 3.62. The second-order valence-corrected chi connectivity index (χ2v) is 6.89. The first-order valence-corrected chi connectivity index (χ1v) is 8.07. The monoisotopic (exact) mass is 294 g/mol. The van der Waals surface area contributed by atoms with Gasteiger partial charge in [-0.05, 0) is 42.5 Å². The minimum Gasteiger partial charge on any atom is -0.496 e. The molecule has 2 aromatic carbocycles. The van der Waals surface area contributed by atoms with Gasteiger partial charge in [-0.2, -0.15) is 0 Å². The third kappa shape index (κ3) is 2.27. The van der Waals surface area contributed by atoms with Gasteiger partial charge in [-0.1, -0.05) is 37.3 Å². The summed E-state index contributed by atoms with van der Waals surface area (Å²) in [6, 6.07) is 15.0. The van der Waals surface area contributed by atoms with Crippen LogP contribution in [0.1, 0.15) is 36.0 Å². The SMILES string of the molecule is COc1cc(CCc2ccccc2)cc2c1C1CC1(C)CO2. The molecule has 2 aliphatic rings. The Morgan fingerprint density at radius 1 is 1.14 bits per heavy atom. The van der Waals surface area contributed by atoms with Crippen molar-refractivity contribution in [1.29, 1.82) is 0 Å². The van der Waals surface area contributed by atoms with E-state index in [9.17, 15) is 0 Å². The lowest BCUT2D eigenvalue weighted by atomic mass is 9.94. The van der Waals surface area contributed by atoms with Crippen molar-refractivity contribution in [3.63, 3.8) is 0 Å². The molecule has 1 aliphatic carbocycles. The van der Waals surface area contributed by atoms with Gasteiger partial charge in [0.25, 0.3) is 0 Å². The van der Waals surface area contributed by atoms with Crippen molar-refractivity contribution in [2.75, 3.05) is 13.7 Å². The Morgan fingerprint density at radius 3 is 2.68 bits per heavy atom. The molecular formula is C20H22O2. The molecule has 2 heteroatoms. The van der Waals surface area contributed by atoms with Gasteiger partial charge < -0.3 is 9.47 Å². The summed E-state index contributed by atoms with van der Waals surface area (Å²) >= 11 is 0. The van der Waals surface area contributed by atoms with Crippen LogP contribution < -0.4 is 9.47 Å². The molecule has 2 atom stereocenters. The van der Waals surface area contributed by atoms with Crippen molar-refractivity contribution in [1.82, 2.24) is 0 Å². The van der Waals surface area contributed by atoms with Crippen molar-refractivity contribution in [2.24, 2.45) is 5.41 Å². The molecule has 0 bridgehead atoms. The smallest absolute Gasteiger partial charge is 0.126 e. The molecule has 0 saturated heterocycles. The topological polar surface area (TPSA) is 18.5 Å². The molecule has 1 saturated carbocycles. The minimum atomic E-state index is 0.339. The summed E-state index contributed by atoms with van der Waals surface area (Å²) in [5.41, 5.74) is 4.30. The summed E-state index contributed by atoms with van der Waals surface area (Å²) in [4.78, 5) is 0. The third-order valence-electron chi connectivity index (χ3n) is 5.19. The average molecular weight is 294 g/mol. The number of ether oxygens (including phenoxy) is 2. The van der Waals surface area contributed by atoms with E-state index in [4.69, 9.17) is 9.47 Å². The molecule has 1 heterocycles. The standard InChI is InChI=1S/C20H22O2/c1-20-12-16(20)19-17(21-2)10-15(11-18(19)22-13-20)9-8-14-6-4-3-5-7-14/h3-7,10-11,16H,8-9,12-13H2,1-2H3. The van der Waals surface area contributed by atoms with E-state index in [1.54, 1.807) is 7.11 Å². The summed E-state index contributed by atoms with van der Waals surface area (Å²) in [7, 11) is 1.77. The average Bonchev–Trinajstić information content (AvgIpc) is 3.25. The molecule has 0 amide bonds. The van der Waals surface area contributed by atoms with Crippen molar-refractivity contribution >= 4 is 0 Å². The number of rotatable bonds is 4. The number of benzene rings is 2. The van der Waals surface area contributed by atoms with Crippen LogP contribution in [0.3, 0.4) is 0 Å². The van der Waals surface area contributed by atoms with Gasteiger partial charge in [0.05, 0.1) is 13.7 Å². The van der Waals surface area contributed by atoms with Gasteiger partial charge in [-0.15, -0.1) is 0 Å². The first kappa shape index (κ1) is 13.7. The van der Waals surface area contributed by atoms with Crippen LogP contribution in [-0.4, -0.2) is 13.7 Å². The van der Waals surface area contributed by atoms with Crippen LogP contribution in [0, 0.1) is 5.41 Å². The van der Waals surface area contributed by atoms with E-state index in [2.05, 4.69) is 49.4 Å². The lowest BCUT2D eigenvalue weighted by molar-refractivity contribution is 0.220. The lowest BCUT2D eigenvalue weighted by Crippen LogP contribution is -2.17. The molecule has 22 heavy (non-hydrogen) atoms. The Bertz CT molecular complexity index is 675. The van der Waals surface area contributed by atoms with Gasteiger partial charge in [0, 0.05) is 16.9 Å². The van der Waals surface area contributed by atoms with Gasteiger partial charge >= 0.3 is 0 Å². The van der Waals surface area contributed by atoms with Gasteiger partial charge in [0.1, 0.15) is 11.5 Å². The molecule has 1 aliphatic heterocycles. The quantitative estimate of drug-likeness (QED) is 0.834. The molecule has 0 radical (unpaired) electrons. The van der Waals surface area contributed by atoms with Crippen LogP contribution in [0.25, 0.3) is 0 Å². The first-order valence-electron chi connectivity index (χ1n) is 8.07. The van der Waals surface area contributed by atoms with Crippen LogP contribution in [-0.2, 0) is 12.8 Å². The number of methoxy groups -OCH3 is 1. The van der Waals surface area contributed by atoms with Crippen molar-refractivity contribution < 1.29 is 9.47 Å². The maximum atomic E-state index is 6.04. The fourth-order valence-corrected chi connectivity index (χ4v) is 3.62. The van der Waals surface area contributed by atoms with Gasteiger partial charge in [-0.3, -0.25) is 0 Å². The van der Waals surface area contributed by atoms with E-state index >= 15 is 0 Å². The van der Waals surface area contributed by atoms with Crippen LogP contribution in [0.5, 0.6) is 11.5 Å². The van der Waals surface area contributed by atoms with E-state index in [1.807, 2.05) is 0 Å². The molecule has 0 N–H and O–H groups in total. The number of hydrogen-bond acceptors (Lipinski definition) is 2. The van der Waals surface area contributed by atoms with E-state index in [0.717, 1.165) is 30.9 Å². The highest BCUT2D eigenvalue weighted by Gasteiger charge is 2.56. The molecule has 2 nitrogen and oxygen atoms in total. The Hall–Kier alpha value is -1.96. The molecule has 1 fully saturated rings. The summed E-state index contributed by atoms with van der Waals surface area (Å²) in [6.07, 6.45) is 3.28. The molecule has 114 valence electrons. The van der Waals surface area contributed by atoms with E-state index in [1.165, 1.54) is 23.1 Å². The van der Waals surface area contributed by atoms with E-state index in [-0.39, 0.29) is 0 Å². The second kappa shape index (κ2) is 5.05. The van der Waals surface area contributed by atoms with Crippen LogP contribution in [0.4, 0.5) is 0 Å². The maximum absolute atomic E-state index is 6.04. The predicted molar refractivity (Wildman–Crippen MR) is 87.8 cm³/mol. The summed E-state index contributed by atoms with van der Waals surface area (Å²) in [5, 5.41) is 0. The Labute approximate surface area is 132 Å². The van der Waals surface area contributed by atoms with Crippen LogP contribution >= 0.6 is 0 Å². The normalized spacial score (nSPS) is 24.9. The zero-order chi connectivity index (χ0) is 15.2. The Morgan fingerprint density at radius 2 is 1.91 bits per heavy atom. The summed E-state index contributed by atoms with van der Waals surface area (Å²) in [6.45, 7) is 3.15. The minimum absolute atomic E-state index is 0.339. The van der Waals surface area contributed by atoms with Crippen molar-refractivity contribution in [3.05, 3.63) is 59.2 Å². The van der Waals surface area contributed by atoms with Gasteiger partial charge in [0.15, 0.2) is 0 Å². The molecule has 0 spiro atoms. The molecule has 2 unspecified atom stereocenters. The zero-order valence-electron chi connectivity index (χ0n) is 13.3. The number of aryl methyl sites for hydroxylation is 2. The maximum Gasteiger partial charge on any atom is 0.126 e. The van der Waals surface area contributed by atoms with Crippen LogP contribution in [0.15, 0.2) is 42.5 Å². The molecule has 0 aromatic heterocycles. The Kier molecular flexibility index (Phi) is 3.14. The van der Waals surface area contributed by atoms with Crippen LogP contribution in [0.2, 0.25) is 0 Å². The largest absolute Gasteiger partial charge is 0.496 e. The van der Waals surface area contributed by atoms with Crippen molar-refractivity contribution in [3.8, 4) is 11.5 Å². The highest BCUT2D eigenvalue weighted by Crippen LogP contribution is 2.65. The molecular weight excluding hydrogens is 272 g/mol. The fraction of sp³-hybridized carbons (Fsp3) is 0.400. The van der Waals surface area contributed by atoms with E-state index in [0.29, 0.717) is 11.3 Å². The zero-order valence-corrected chi connectivity index (χ0v) is 13.3. The lowest BCUT2D eigenvalue weighted by Gasteiger charge is -2.24. The Balaban J connectivity index is 1.60. The summed E-state index contributed by atoms with van der Waals surface area (Å²) in [5.74, 6) is 2.67. The highest BCUT2D eigenvalue weighted by atomic mass is 16.5. The summed E-state index contributed by atoms with van der Waals surface area (Å²) < 4.78 is 11.7. The van der Waals surface area contributed by atoms with Crippen molar-refractivity contribution in [2.45, 2.75) is 32.1 Å². The predicted octanol–water partition coefficient (Wildman–Crippen LogP) is 4.37. The first-order chi connectivity index (χ1) is 10.7.